The standard InChI is InChI=1S/2C4H6O4S.Au.Na/c2*5-2(4(8)9)1-3(6)7;;/h2*2,5H,1H2,(H,6,7)(H,8,9);;/q;;;+1/p-1. The summed E-state index contributed by atoms with van der Waals surface area (Å²) in [5.74, 6) is -2.43. The summed E-state index contributed by atoms with van der Waals surface area (Å²) in [6.45, 7) is 0. The molecule has 12 heteroatoms. The van der Waals surface area contributed by atoms with Crippen molar-refractivity contribution < 1.29 is 92.2 Å². The van der Waals surface area contributed by atoms with Gasteiger partial charge in [0.25, 0.3) is 0 Å². The van der Waals surface area contributed by atoms with Crippen LogP contribution in [0.3, 0.4) is 0 Å². The van der Waals surface area contributed by atoms with Gasteiger partial charge in [0.05, 0.1) is 18.9 Å². The first kappa shape index (κ1) is 28.5. The van der Waals surface area contributed by atoms with Crippen molar-refractivity contribution in [3.8, 4) is 0 Å². The Kier molecular flexibility index (Phi) is 22.5. The molecule has 0 spiro atoms. The van der Waals surface area contributed by atoms with Gasteiger partial charge in [-0.25, -0.2) is 0 Å². The number of hydrogen-bond donors (Lipinski definition) is 5. The average Bonchev–Trinajstić information content (AvgIpc) is 2.16. The molecule has 2 unspecified atom stereocenters. The van der Waals surface area contributed by atoms with E-state index in [0.29, 0.717) is 0 Å². The molecule has 0 heterocycles. The number of aliphatic carboxylic acids is 2. The predicted octanol–water partition coefficient (Wildman–Crippen LogP) is -4.78. The zero-order chi connectivity index (χ0) is 14.9. The molecule has 20 heavy (non-hydrogen) atoms. The Morgan fingerprint density at radius 3 is 1.35 bits per heavy atom. The first-order valence-corrected chi connectivity index (χ1v) is 5.13. The van der Waals surface area contributed by atoms with E-state index in [-0.39, 0.29) is 51.9 Å². The molecule has 0 aromatic carbocycles. The van der Waals surface area contributed by atoms with E-state index in [1.165, 1.54) is 0 Å². The average molecular weight is 519 g/mol. The van der Waals surface area contributed by atoms with Gasteiger partial charge in [0.2, 0.25) is 0 Å². The van der Waals surface area contributed by atoms with Crippen LogP contribution in [0.15, 0.2) is 0 Å². The fraction of sp³-hybridized carbons (Fsp3) is 0.500. The zero-order valence-corrected chi connectivity index (χ0v) is 15.9. The van der Waals surface area contributed by atoms with E-state index in [0.717, 1.165) is 0 Å². The predicted molar refractivity (Wildman–Crippen MR) is 64.3 cm³/mol. The second-order valence-electron chi connectivity index (χ2n) is 2.88. The van der Waals surface area contributed by atoms with Crippen molar-refractivity contribution in [2.45, 2.75) is 25.0 Å². The van der Waals surface area contributed by atoms with E-state index >= 15 is 0 Å². The van der Waals surface area contributed by atoms with Gasteiger partial charge in [0.1, 0.15) is 6.10 Å². The quantitative estimate of drug-likeness (QED) is 0.170. The normalized spacial score (nSPS) is 11.3. The molecule has 0 saturated carbocycles. The third kappa shape index (κ3) is 20.7. The van der Waals surface area contributed by atoms with Crippen LogP contribution < -0.4 is 34.7 Å². The summed E-state index contributed by atoms with van der Waals surface area (Å²) < 4.78 is 0. The SMILES string of the molecule is O=C(O)CC(O)C(O)=S.O=C(O)CC(O)C([O-])=S.[Au].[Na+]. The molecule has 0 aromatic rings. The number of aliphatic hydroxyl groups is 3. The van der Waals surface area contributed by atoms with E-state index in [1.54, 1.807) is 0 Å². The Hall–Kier alpha value is 0.380. The Bertz CT molecular complexity index is 308. The third-order valence-corrected chi connectivity index (χ3v) is 1.84. The largest absolute Gasteiger partial charge is 1.00 e. The van der Waals surface area contributed by atoms with Gasteiger partial charge >= 0.3 is 41.5 Å². The van der Waals surface area contributed by atoms with Gasteiger partial charge in [-0.2, -0.15) is 0 Å². The minimum absolute atomic E-state index is 0. The molecule has 115 valence electrons. The Balaban J connectivity index is -0.000000116. The topological polar surface area (TPSA) is 158 Å². The van der Waals surface area contributed by atoms with E-state index in [1.807, 2.05) is 0 Å². The summed E-state index contributed by atoms with van der Waals surface area (Å²) in [5.41, 5.74) is 0. The minimum atomic E-state index is -1.53. The van der Waals surface area contributed by atoms with E-state index < -0.39 is 47.1 Å². The van der Waals surface area contributed by atoms with Crippen LogP contribution in [-0.2, 0) is 32.0 Å². The summed E-state index contributed by atoms with van der Waals surface area (Å²) in [5, 5.41) is 49.6. The van der Waals surface area contributed by atoms with Crippen molar-refractivity contribution in [2.24, 2.45) is 0 Å². The van der Waals surface area contributed by atoms with Crippen LogP contribution in [0.4, 0.5) is 0 Å². The summed E-state index contributed by atoms with van der Waals surface area (Å²) in [6.07, 6.45) is -4.10. The van der Waals surface area contributed by atoms with Gasteiger partial charge in [0, 0.05) is 22.4 Å². The second-order valence-corrected chi connectivity index (χ2v) is 3.71. The number of thiocarbonyl (C=S) groups is 2. The molecule has 0 aromatic heterocycles. The van der Waals surface area contributed by atoms with Gasteiger partial charge in [-0.05, 0) is 17.3 Å². The first-order chi connectivity index (χ1) is 8.07. The molecule has 0 saturated heterocycles. The molecule has 8 nitrogen and oxygen atoms in total. The molecule has 0 aliphatic carbocycles. The van der Waals surface area contributed by atoms with E-state index in [9.17, 15) is 14.7 Å². The number of carbonyl (C=O) groups is 2. The smallest absolute Gasteiger partial charge is 0.866 e. The number of rotatable bonds is 6. The van der Waals surface area contributed by atoms with E-state index in [2.05, 4.69) is 24.4 Å². The third-order valence-electron chi connectivity index (χ3n) is 1.29. The number of carboxylic acids is 2. The maximum absolute atomic E-state index is 9.98. The van der Waals surface area contributed by atoms with Crippen molar-refractivity contribution in [3.63, 3.8) is 0 Å². The summed E-state index contributed by atoms with van der Waals surface area (Å²) in [6, 6.07) is 0. The van der Waals surface area contributed by atoms with Crippen molar-refractivity contribution in [3.05, 3.63) is 0 Å². The molecule has 0 aliphatic rings. The van der Waals surface area contributed by atoms with Crippen LogP contribution in [0, 0.1) is 0 Å². The molecule has 5 N–H and O–H groups in total. The van der Waals surface area contributed by atoms with Crippen molar-refractivity contribution in [1.82, 2.24) is 0 Å². The van der Waals surface area contributed by atoms with Gasteiger partial charge in [0.15, 0.2) is 5.05 Å². The van der Waals surface area contributed by atoms with Crippen molar-refractivity contribution in [2.75, 3.05) is 0 Å². The van der Waals surface area contributed by atoms with Crippen LogP contribution in [0.1, 0.15) is 12.8 Å². The summed E-state index contributed by atoms with van der Waals surface area (Å²) in [7, 11) is 0. The van der Waals surface area contributed by atoms with Crippen LogP contribution in [0.2, 0.25) is 0 Å². The van der Waals surface area contributed by atoms with Gasteiger partial charge in [-0.3, -0.25) is 9.59 Å². The molecular weight excluding hydrogens is 508 g/mol. The monoisotopic (exact) mass is 519 g/mol. The summed E-state index contributed by atoms with van der Waals surface area (Å²) in [4.78, 5) is 19.5. The van der Waals surface area contributed by atoms with Crippen molar-refractivity contribution in [1.29, 1.82) is 0 Å². The van der Waals surface area contributed by atoms with Gasteiger partial charge in [-0.1, -0.05) is 12.2 Å². The second kappa shape index (κ2) is 15.8. The van der Waals surface area contributed by atoms with Gasteiger partial charge in [-0.15, -0.1) is 0 Å². The van der Waals surface area contributed by atoms with Crippen LogP contribution in [-0.4, -0.2) is 59.8 Å². The molecule has 0 amide bonds. The molecule has 0 fully saturated rings. The number of aliphatic hydroxyl groups excluding tert-OH is 3. The molecular formula is C8H11AuNaO8S2. The van der Waals surface area contributed by atoms with Crippen molar-refractivity contribution >= 4 is 46.5 Å². The molecule has 0 rings (SSSR count). The maximum Gasteiger partial charge on any atom is 1.00 e. The van der Waals surface area contributed by atoms with E-state index in [4.69, 9.17) is 25.5 Å². The van der Waals surface area contributed by atoms with Crippen LogP contribution in [0.25, 0.3) is 0 Å². The Morgan fingerprint density at radius 2 is 1.25 bits per heavy atom. The fourth-order valence-corrected chi connectivity index (χ4v) is 0.668. The fourth-order valence-electron chi connectivity index (χ4n) is 0.501. The molecule has 0 aliphatic heterocycles. The number of hydrogen-bond acceptors (Lipinski definition) is 7. The summed E-state index contributed by atoms with van der Waals surface area (Å²) >= 11 is 8.05. The van der Waals surface area contributed by atoms with Crippen LogP contribution in [0.5, 0.6) is 0 Å². The zero-order valence-electron chi connectivity index (χ0n) is 10.1. The minimum Gasteiger partial charge on any atom is -0.866 e. The maximum atomic E-state index is 9.98. The first-order valence-electron chi connectivity index (χ1n) is 4.31. The molecule has 1 radical (unpaired) electrons. The Labute approximate surface area is 162 Å². The molecule has 0 bridgehead atoms. The van der Waals surface area contributed by atoms with Gasteiger partial charge < -0.3 is 30.6 Å². The Morgan fingerprint density at radius 1 is 0.950 bits per heavy atom. The van der Waals surface area contributed by atoms with Crippen LogP contribution >= 0.6 is 24.4 Å². The number of carboxylic acid groups (broad SMARTS) is 2. The molecule has 2 atom stereocenters.